The Balaban J connectivity index is 1.39. The van der Waals surface area contributed by atoms with E-state index >= 15 is 4.39 Å². The van der Waals surface area contributed by atoms with Gasteiger partial charge in [-0.2, -0.15) is 0 Å². The number of ether oxygens (including phenoxy) is 1. The molecule has 3 aliphatic heterocycles. The van der Waals surface area contributed by atoms with Crippen LogP contribution in [0.25, 0.3) is 11.1 Å². The van der Waals surface area contributed by atoms with Crippen LogP contribution in [-0.4, -0.2) is 76.4 Å². The van der Waals surface area contributed by atoms with Crippen LogP contribution in [-0.2, 0) is 16.0 Å². The second-order valence-corrected chi connectivity index (χ2v) is 8.27. The molecule has 0 radical (unpaired) electrons. The van der Waals surface area contributed by atoms with Gasteiger partial charge in [-0.25, -0.2) is 14.0 Å². The van der Waals surface area contributed by atoms with Gasteiger partial charge in [0.25, 0.3) is 0 Å². The van der Waals surface area contributed by atoms with Crippen LogP contribution >= 0.6 is 0 Å². The molecule has 2 aromatic rings. The lowest BCUT2D eigenvalue weighted by Gasteiger charge is -2.21. The van der Waals surface area contributed by atoms with Crippen LogP contribution in [0.15, 0.2) is 35.6 Å². The van der Waals surface area contributed by atoms with Gasteiger partial charge in [-0.3, -0.25) is 9.88 Å². The number of rotatable bonds is 5. The summed E-state index contributed by atoms with van der Waals surface area (Å²) in [4.78, 5) is 35.5. The Morgan fingerprint density at radius 3 is 2.82 bits per heavy atom. The third kappa shape index (κ3) is 3.63. The van der Waals surface area contributed by atoms with Gasteiger partial charge in [-0.1, -0.05) is 11.2 Å². The summed E-state index contributed by atoms with van der Waals surface area (Å²) < 4.78 is 20.4. The molecule has 3 atom stereocenters. The van der Waals surface area contributed by atoms with Crippen LogP contribution in [0.3, 0.4) is 0 Å². The Morgan fingerprint density at radius 2 is 2.15 bits per heavy atom. The third-order valence-electron chi connectivity index (χ3n) is 6.15. The zero-order valence-corrected chi connectivity index (χ0v) is 17.6. The maximum Gasteiger partial charge on any atom is 0.415 e. The summed E-state index contributed by atoms with van der Waals surface area (Å²) in [5, 5.41) is 22.2. The Labute approximate surface area is 187 Å². The smallest absolute Gasteiger partial charge is 0.415 e. The molecule has 10 nitrogen and oxygen atoms in total. The fourth-order valence-corrected chi connectivity index (χ4v) is 4.42. The number of carbonyl (C=O) groups is 2. The zero-order chi connectivity index (χ0) is 23.3. The highest BCUT2D eigenvalue weighted by atomic mass is 19.1. The van der Waals surface area contributed by atoms with Gasteiger partial charge in [0.2, 0.25) is 0 Å². The maximum atomic E-state index is 15.1. The van der Waals surface area contributed by atoms with E-state index in [9.17, 15) is 9.59 Å². The number of anilines is 1. The van der Waals surface area contributed by atoms with Crippen LogP contribution < -0.4 is 4.90 Å². The number of hydrogen-bond acceptors (Lipinski definition) is 7. The van der Waals surface area contributed by atoms with E-state index in [0.29, 0.717) is 41.1 Å². The number of amides is 2. The first-order valence-electron chi connectivity index (χ1n) is 10.4. The Bertz CT molecular complexity index is 1150. The van der Waals surface area contributed by atoms with E-state index < -0.39 is 30.1 Å². The number of nitrogens with zero attached hydrogens (tertiary/aromatic N) is 4. The predicted molar refractivity (Wildman–Crippen MR) is 114 cm³/mol. The molecular weight excluding hydrogens is 435 g/mol. The second kappa shape index (κ2) is 8.00. The number of aromatic nitrogens is 1. The predicted octanol–water partition coefficient (Wildman–Crippen LogP) is 2.23. The normalized spacial score (nSPS) is 23.0. The SMILES string of the molecule is CN(C[C@@H]1OC(=O)N2c3cc(F)c(-c4ccc(C5=NO[C@H](CO)C5)nc4)cc3C[C@@H]12)C(=O)O. The summed E-state index contributed by atoms with van der Waals surface area (Å²) in [5.74, 6) is -0.510. The van der Waals surface area contributed by atoms with Gasteiger partial charge < -0.3 is 24.7 Å². The monoisotopic (exact) mass is 456 g/mol. The Kier molecular flexibility index (Phi) is 5.12. The van der Waals surface area contributed by atoms with Crippen molar-refractivity contribution in [2.24, 2.45) is 5.16 Å². The minimum absolute atomic E-state index is 0.0295. The lowest BCUT2D eigenvalue weighted by Crippen LogP contribution is -2.41. The number of aliphatic hydroxyl groups is 1. The van der Waals surface area contributed by atoms with Crippen molar-refractivity contribution in [3.63, 3.8) is 0 Å². The van der Waals surface area contributed by atoms with Crippen LogP contribution in [0.5, 0.6) is 0 Å². The molecule has 1 saturated heterocycles. The second-order valence-electron chi connectivity index (χ2n) is 8.27. The number of carboxylic acid groups (broad SMARTS) is 1. The van der Waals surface area contributed by atoms with Crippen molar-refractivity contribution in [1.82, 2.24) is 9.88 Å². The topological polar surface area (TPSA) is 125 Å². The standard InChI is InChI=1S/C22H21FN4O6/c1-26(21(29)30)9-20-19-5-12-4-14(15(23)7-18(12)27(19)22(31)32-20)11-2-3-16(24-8-11)17-6-13(10-28)33-25-17/h2-4,7-8,13,19-20,28H,5-6,9-10H2,1H3,(H,29,30)/t13-,19-,20-/m0/s1. The number of pyridine rings is 1. The first-order chi connectivity index (χ1) is 15.9. The van der Waals surface area contributed by atoms with Crippen LogP contribution in [0, 0.1) is 5.82 Å². The van der Waals surface area contributed by atoms with E-state index in [0.717, 1.165) is 10.5 Å². The van der Waals surface area contributed by atoms with E-state index in [1.165, 1.54) is 18.0 Å². The minimum atomic E-state index is -1.12. The van der Waals surface area contributed by atoms with E-state index in [2.05, 4.69) is 10.1 Å². The lowest BCUT2D eigenvalue weighted by molar-refractivity contribution is 0.0390. The molecule has 2 N–H and O–H groups in total. The van der Waals surface area contributed by atoms with Crippen molar-refractivity contribution in [3.05, 3.63) is 47.5 Å². The average Bonchev–Trinajstić information content (AvgIpc) is 3.49. The molecule has 1 fully saturated rings. The van der Waals surface area contributed by atoms with Gasteiger partial charge >= 0.3 is 12.2 Å². The highest BCUT2D eigenvalue weighted by molar-refractivity contribution is 6.00. The van der Waals surface area contributed by atoms with E-state index in [4.69, 9.17) is 19.8 Å². The summed E-state index contributed by atoms with van der Waals surface area (Å²) in [7, 11) is 1.41. The summed E-state index contributed by atoms with van der Waals surface area (Å²) >= 11 is 0. The molecule has 1 aromatic carbocycles. The van der Waals surface area contributed by atoms with Crippen molar-refractivity contribution in [2.75, 3.05) is 25.1 Å². The van der Waals surface area contributed by atoms with Gasteiger partial charge in [-0.15, -0.1) is 0 Å². The molecular formula is C22H21FN4O6. The van der Waals surface area contributed by atoms with Crippen molar-refractivity contribution >= 4 is 23.6 Å². The van der Waals surface area contributed by atoms with Gasteiger partial charge in [0.1, 0.15) is 17.6 Å². The fraction of sp³-hybridized carbons (Fsp3) is 0.364. The number of aliphatic hydroxyl groups excluding tert-OH is 1. The minimum Gasteiger partial charge on any atom is -0.465 e. The fourth-order valence-electron chi connectivity index (χ4n) is 4.42. The molecule has 0 bridgehead atoms. The molecule has 4 heterocycles. The largest absolute Gasteiger partial charge is 0.465 e. The number of oxime groups is 1. The van der Waals surface area contributed by atoms with Crippen molar-refractivity contribution in [1.29, 1.82) is 0 Å². The zero-order valence-electron chi connectivity index (χ0n) is 17.6. The highest BCUT2D eigenvalue weighted by Gasteiger charge is 2.48. The van der Waals surface area contributed by atoms with Gasteiger partial charge in [0.05, 0.1) is 30.6 Å². The summed E-state index contributed by atoms with van der Waals surface area (Å²) in [6.07, 6.45) is -0.334. The third-order valence-corrected chi connectivity index (χ3v) is 6.15. The Hall–Kier alpha value is -3.73. The van der Waals surface area contributed by atoms with Crippen LogP contribution in [0.1, 0.15) is 17.7 Å². The van der Waals surface area contributed by atoms with E-state index in [-0.39, 0.29) is 19.3 Å². The molecule has 2 amide bonds. The van der Waals surface area contributed by atoms with Gasteiger partial charge in [-0.05, 0) is 30.2 Å². The molecule has 0 spiro atoms. The Morgan fingerprint density at radius 1 is 1.33 bits per heavy atom. The summed E-state index contributed by atoms with van der Waals surface area (Å²) in [6, 6.07) is 6.06. The summed E-state index contributed by atoms with van der Waals surface area (Å²) in [6.45, 7) is -0.105. The van der Waals surface area contributed by atoms with Crippen LogP contribution in [0.4, 0.5) is 19.7 Å². The summed E-state index contributed by atoms with van der Waals surface area (Å²) in [5.41, 5.74) is 3.33. The molecule has 0 unspecified atom stereocenters. The maximum absolute atomic E-state index is 15.1. The molecule has 33 heavy (non-hydrogen) atoms. The number of benzene rings is 1. The van der Waals surface area contributed by atoms with Gasteiger partial charge in [0, 0.05) is 30.8 Å². The van der Waals surface area contributed by atoms with Crippen LogP contribution in [0.2, 0.25) is 0 Å². The van der Waals surface area contributed by atoms with Crippen molar-refractivity contribution in [2.45, 2.75) is 31.1 Å². The number of likely N-dealkylation sites (N-methyl/N-ethyl adjacent to an activating group) is 1. The first-order valence-corrected chi connectivity index (χ1v) is 10.4. The quantitative estimate of drug-likeness (QED) is 0.707. The molecule has 11 heteroatoms. The number of hydrogen-bond donors (Lipinski definition) is 2. The highest BCUT2D eigenvalue weighted by Crippen LogP contribution is 2.41. The molecule has 0 saturated carbocycles. The molecule has 172 valence electrons. The first kappa shape index (κ1) is 21.1. The van der Waals surface area contributed by atoms with Crippen molar-refractivity contribution < 1.29 is 33.8 Å². The van der Waals surface area contributed by atoms with Crippen molar-refractivity contribution in [3.8, 4) is 11.1 Å². The molecule has 1 aromatic heterocycles. The lowest BCUT2D eigenvalue weighted by atomic mass is 9.99. The molecule has 3 aliphatic rings. The molecule has 5 rings (SSSR count). The van der Waals surface area contributed by atoms with Gasteiger partial charge in [0.15, 0.2) is 6.10 Å². The number of halogens is 1. The van der Waals surface area contributed by atoms with E-state index in [1.807, 2.05) is 0 Å². The number of carbonyl (C=O) groups excluding carboxylic acids is 1. The van der Waals surface area contributed by atoms with E-state index in [1.54, 1.807) is 24.4 Å². The average molecular weight is 456 g/mol. The number of cyclic esters (lactones) is 1. The molecule has 0 aliphatic carbocycles. The number of fused-ring (bicyclic) bond motifs is 3.